The number of aromatic nitrogens is 1. The van der Waals surface area contributed by atoms with Crippen LogP contribution in [0.5, 0.6) is 0 Å². The van der Waals surface area contributed by atoms with Gasteiger partial charge in [0, 0.05) is 6.07 Å². The van der Waals surface area contributed by atoms with Crippen LogP contribution in [0.2, 0.25) is 5.15 Å². The summed E-state index contributed by atoms with van der Waals surface area (Å²) in [5.74, 6) is -1.09. The van der Waals surface area contributed by atoms with Gasteiger partial charge in [0.15, 0.2) is 6.29 Å². The van der Waals surface area contributed by atoms with Gasteiger partial charge in [-0.3, -0.25) is 4.79 Å². The number of carbonyl (C=O) groups is 1. The van der Waals surface area contributed by atoms with Crippen molar-refractivity contribution in [3.05, 3.63) is 28.3 Å². The largest absolute Gasteiger partial charge is 0.298 e. The van der Waals surface area contributed by atoms with Crippen LogP contribution >= 0.6 is 11.6 Å². The minimum Gasteiger partial charge on any atom is -0.298 e. The Labute approximate surface area is 76.3 Å². The van der Waals surface area contributed by atoms with Gasteiger partial charge in [0.25, 0.3) is 6.43 Å². The molecule has 0 radical (unpaired) electrons. The van der Waals surface area contributed by atoms with Crippen LogP contribution in [0.1, 0.15) is 22.5 Å². The van der Waals surface area contributed by atoms with Crippen molar-refractivity contribution in [3.8, 4) is 0 Å². The lowest BCUT2D eigenvalue weighted by atomic mass is 10.2. The van der Waals surface area contributed by atoms with Crippen LogP contribution in [0, 0.1) is 5.82 Å². The van der Waals surface area contributed by atoms with Crippen LogP contribution in [0.25, 0.3) is 0 Å². The van der Waals surface area contributed by atoms with E-state index in [4.69, 9.17) is 11.6 Å². The van der Waals surface area contributed by atoms with Gasteiger partial charge in [-0.05, 0) is 0 Å². The van der Waals surface area contributed by atoms with Gasteiger partial charge in [-0.2, -0.15) is 0 Å². The predicted molar refractivity (Wildman–Crippen MR) is 39.5 cm³/mol. The van der Waals surface area contributed by atoms with E-state index < -0.39 is 28.7 Å². The summed E-state index contributed by atoms with van der Waals surface area (Å²) in [6.07, 6.45) is -2.78. The van der Waals surface area contributed by atoms with Crippen LogP contribution in [0.4, 0.5) is 13.2 Å². The molecular formula is C7H3ClF3NO. The number of hydrogen-bond acceptors (Lipinski definition) is 2. The Kier molecular flexibility index (Phi) is 2.87. The third-order valence-corrected chi connectivity index (χ3v) is 1.61. The fourth-order valence-corrected chi connectivity index (χ4v) is 0.961. The topological polar surface area (TPSA) is 30.0 Å². The van der Waals surface area contributed by atoms with E-state index in [1.54, 1.807) is 0 Å². The van der Waals surface area contributed by atoms with Crippen molar-refractivity contribution in [1.29, 1.82) is 0 Å². The molecule has 6 heteroatoms. The van der Waals surface area contributed by atoms with Crippen LogP contribution in [-0.2, 0) is 0 Å². The number of carbonyl (C=O) groups excluding carboxylic acids is 1. The van der Waals surface area contributed by atoms with Gasteiger partial charge >= 0.3 is 0 Å². The third kappa shape index (κ3) is 1.98. The van der Waals surface area contributed by atoms with Crippen LogP contribution in [0.15, 0.2) is 6.07 Å². The number of hydrogen-bond donors (Lipinski definition) is 0. The molecule has 1 aromatic heterocycles. The van der Waals surface area contributed by atoms with E-state index in [1.165, 1.54) is 0 Å². The fraction of sp³-hybridized carbons (Fsp3) is 0.143. The van der Waals surface area contributed by atoms with Gasteiger partial charge in [0.05, 0.1) is 5.56 Å². The number of aldehydes is 1. The van der Waals surface area contributed by atoms with Gasteiger partial charge in [0.2, 0.25) is 0 Å². The molecule has 0 fully saturated rings. The number of pyridine rings is 1. The second kappa shape index (κ2) is 3.74. The van der Waals surface area contributed by atoms with E-state index in [1.807, 2.05) is 0 Å². The van der Waals surface area contributed by atoms with E-state index in [2.05, 4.69) is 4.98 Å². The fourth-order valence-electron chi connectivity index (χ4n) is 0.729. The summed E-state index contributed by atoms with van der Waals surface area (Å²) in [5.41, 5.74) is -1.29. The molecule has 0 aromatic carbocycles. The van der Waals surface area contributed by atoms with Gasteiger partial charge < -0.3 is 0 Å². The first-order valence-corrected chi connectivity index (χ1v) is 3.53. The second-order valence-corrected chi connectivity index (χ2v) is 2.51. The van der Waals surface area contributed by atoms with Gasteiger partial charge in [-0.25, -0.2) is 18.2 Å². The van der Waals surface area contributed by atoms with Crippen molar-refractivity contribution in [2.45, 2.75) is 6.43 Å². The van der Waals surface area contributed by atoms with Crippen LogP contribution in [0.3, 0.4) is 0 Å². The minimum absolute atomic E-state index is 0.125. The quantitative estimate of drug-likeness (QED) is 0.554. The molecule has 0 atom stereocenters. The molecule has 0 aliphatic rings. The smallest absolute Gasteiger partial charge is 0.280 e. The van der Waals surface area contributed by atoms with Crippen molar-refractivity contribution in [1.82, 2.24) is 4.98 Å². The van der Waals surface area contributed by atoms with Crippen LogP contribution < -0.4 is 0 Å². The Morgan fingerprint density at radius 1 is 1.54 bits per heavy atom. The maximum absolute atomic E-state index is 12.8. The first kappa shape index (κ1) is 9.98. The molecule has 0 bridgehead atoms. The van der Waals surface area contributed by atoms with Gasteiger partial charge in [-0.15, -0.1) is 0 Å². The molecule has 70 valence electrons. The second-order valence-electron chi connectivity index (χ2n) is 2.15. The molecule has 0 aliphatic carbocycles. The molecule has 0 aliphatic heterocycles. The van der Waals surface area contributed by atoms with Crippen LogP contribution in [-0.4, -0.2) is 11.3 Å². The third-order valence-electron chi connectivity index (χ3n) is 1.32. The lowest BCUT2D eigenvalue weighted by molar-refractivity contribution is 0.111. The van der Waals surface area contributed by atoms with E-state index in [9.17, 15) is 18.0 Å². The van der Waals surface area contributed by atoms with E-state index in [0.29, 0.717) is 6.07 Å². The molecule has 1 aromatic rings. The average Bonchev–Trinajstić information content (AvgIpc) is 2.03. The molecule has 0 N–H and O–H groups in total. The van der Waals surface area contributed by atoms with Crippen molar-refractivity contribution in [2.75, 3.05) is 0 Å². The molecule has 1 heterocycles. The first-order valence-electron chi connectivity index (χ1n) is 3.15. The molecule has 0 spiro atoms. The summed E-state index contributed by atoms with van der Waals surface area (Å²) >= 11 is 5.26. The summed E-state index contributed by atoms with van der Waals surface area (Å²) in [5, 5.41) is -0.551. The van der Waals surface area contributed by atoms with Gasteiger partial charge in [0.1, 0.15) is 16.7 Å². The van der Waals surface area contributed by atoms with Crippen molar-refractivity contribution in [3.63, 3.8) is 0 Å². The van der Waals surface area contributed by atoms with Crippen molar-refractivity contribution in [2.24, 2.45) is 0 Å². The summed E-state index contributed by atoms with van der Waals surface area (Å²) in [7, 11) is 0. The summed E-state index contributed by atoms with van der Waals surface area (Å²) in [4.78, 5) is 13.3. The Morgan fingerprint density at radius 3 is 2.54 bits per heavy atom. The van der Waals surface area contributed by atoms with Crippen molar-refractivity contribution >= 4 is 17.9 Å². The zero-order chi connectivity index (χ0) is 10.0. The van der Waals surface area contributed by atoms with E-state index in [0.717, 1.165) is 0 Å². The van der Waals surface area contributed by atoms with Crippen molar-refractivity contribution < 1.29 is 18.0 Å². The summed E-state index contributed by atoms with van der Waals surface area (Å²) < 4.78 is 36.8. The van der Waals surface area contributed by atoms with E-state index >= 15 is 0 Å². The number of halogens is 4. The number of nitrogens with zero attached hydrogens (tertiary/aromatic N) is 1. The Morgan fingerprint density at radius 2 is 2.15 bits per heavy atom. The SMILES string of the molecule is O=Cc1c(F)cc(C(F)F)nc1Cl. The Balaban J connectivity index is 3.28. The summed E-state index contributed by atoms with van der Waals surface area (Å²) in [6.45, 7) is 0. The molecule has 13 heavy (non-hydrogen) atoms. The first-order chi connectivity index (χ1) is 6.06. The lowest BCUT2D eigenvalue weighted by Crippen LogP contribution is -1.98. The van der Waals surface area contributed by atoms with Gasteiger partial charge in [-0.1, -0.05) is 11.6 Å². The lowest BCUT2D eigenvalue weighted by Gasteiger charge is -2.02. The molecule has 1 rings (SSSR count). The Hall–Kier alpha value is -1.10. The monoisotopic (exact) mass is 209 g/mol. The molecular weight excluding hydrogens is 207 g/mol. The molecule has 0 saturated carbocycles. The molecule has 0 amide bonds. The maximum Gasteiger partial charge on any atom is 0.280 e. The molecule has 0 saturated heterocycles. The summed E-state index contributed by atoms with van der Waals surface area (Å²) in [6, 6.07) is 0.486. The highest BCUT2D eigenvalue weighted by Gasteiger charge is 2.15. The number of rotatable bonds is 2. The number of alkyl halides is 2. The average molecular weight is 210 g/mol. The standard InChI is InChI=1S/C7H3ClF3NO/c8-6-3(2-13)4(9)1-5(12-6)7(10)11/h1-2,7H. The maximum atomic E-state index is 12.8. The molecule has 2 nitrogen and oxygen atoms in total. The highest BCUT2D eigenvalue weighted by Crippen LogP contribution is 2.22. The zero-order valence-corrected chi connectivity index (χ0v) is 6.86. The van der Waals surface area contributed by atoms with E-state index in [-0.39, 0.29) is 6.29 Å². The molecule has 0 unspecified atom stereocenters. The highest BCUT2D eigenvalue weighted by molar-refractivity contribution is 6.31. The minimum atomic E-state index is -2.91. The highest BCUT2D eigenvalue weighted by atomic mass is 35.5. The predicted octanol–water partition coefficient (Wildman–Crippen LogP) is 2.62. The normalized spacial score (nSPS) is 10.5. The Bertz CT molecular complexity index is 320. The zero-order valence-electron chi connectivity index (χ0n) is 6.10.